The zero-order valence-corrected chi connectivity index (χ0v) is 11.0. The van der Waals surface area contributed by atoms with E-state index in [1.165, 1.54) is 5.56 Å². The summed E-state index contributed by atoms with van der Waals surface area (Å²) < 4.78 is 0. The van der Waals surface area contributed by atoms with Crippen molar-refractivity contribution in [1.82, 2.24) is 4.90 Å². The fourth-order valence-corrected chi connectivity index (χ4v) is 1.77. The second kappa shape index (κ2) is 7.01. The van der Waals surface area contributed by atoms with Crippen LogP contribution in [0, 0.1) is 0 Å². The minimum absolute atomic E-state index is 0.0390. The number of rotatable bonds is 7. The lowest BCUT2D eigenvalue weighted by atomic mass is 9.96. The molecule has 98 valence electrons. The van der Waals surface area contributed by atoms with E-state index in [0.717, 1.165) is 6.54 Å². The van der Waals surface area contributed by atoms with E-state index in [1.807, 2.05) is 32.2 Å². The molecule has 0 amide bonds. The molecule has 0 heterocycles. The lowest BCUT2D eigenvalue weighted by Crippen LogP contribution is -2.47. The third-order valence-electron chi connectivity index (χ3n) is 3.34. The highest BCUT2D eigenvalue weighted by molar-refractivity contribution is 5.14. The molecule has 1 aromatic rings. The molecule has 5 nitrogen and oxygen atoms in total. The van der Waals surface area contributed by atoms with Crippen molar-refractivity contribution in [2.45, 2.75) is 25.4 Å². The molecule has 0 radical (unpaired) electrons. The second-order valence-electron chi connectivity index (χ2n) is 4.70. The molecule has 0 aliphatic heterocycles. The number of aliphatic hydroxyl groups excluding tert-OH is 1. The largest absolute Gasteiger partial charge is 0.394 e. The van der Waals surface area contributed by atoms with Crippen LogP contribution in [0.5, 0.6) is 0 Å². The van der Waals surface area contributed by atoms with Crippen LogP contribution in [-0.4, -0.2) is 35.7 Å². The second-order valence-corrected chi connectivity index (χ2v) is 4.70. The molecule has 0 spiro atoms. The molecule has 1 atom stereocenters. The fraction of sp³-hybridized carbons (Fsp3) is 0.538. The highest BCUT2D eigenvalue weighted by Gasteiger charge is 2.27. The Balaban J connectivity index is 2.65. The normalized spacial score (nSPS) is 14.0. The molecule has 18 heavy (non-hydrogen) atoms. The number of benzene rings is 1. The van der Waals surface area contributed by atoms with Gasteiger partial charge in [0.2, 0.25) is 0 Å². The first-order chi connectivity index (χ1) is 8.62. The van der Waals surface area contributed by atoms with Gasteiger partial charge in [-0.15, -0.1) is 0 Å². The van der Waals surface area contributed by atoms with Crippen molar-refractivity contribution in [3.63, 3.8) is 0 Å². The molecular formula is C13H20N4O. The third kappa shape index (κ3) is 4.04. The van der Waals surface area contributed by atoms with Crippen LogP contribution in [0.4, 0.5) is 0 Å². The van der Waals surface area contributed by atoms with Crippen LogP contribution in [-0.2, 0) is 6.54 Å². The zero-order chi connectivity index (χ0) is 13.4. The fourth-order valence-electron chi connectivity index (χ4n) is 1.77. The van der Waals surface area contributed by atoms with Crippen LogP contribution in [0.1, 0.15) is 18.9 Å². The van der Waals surface area contributed by atoms with E-state index in [2.05, 4.69) is 27.1 Å². The van der Waals surface area contributed by atoms with E-state index in [1.54, 1.807) is 0 Å². The molecular weight excluding hydrogens is 228 g/mol. The lowest BCUT2D eigenvalue weighted by Gasteiger charge is -2.37. The summed E-state index contributed by atoms with van der Waals surface area (Å²) in [5.41, 5.74) is 9.12. The van der Waals surface area contributed by atoms with Crippen molar-refractivity contribution in [3.05, 3.63) is 46.3 Å². The topological polar surface area (TPSA) is 72.2 Å². The summed E-state index contributed by atoms with van der Waals surface area (Å²) in [5.74, 6) is 0. The summed E-state index contributed by atoms with van der Waals surface area (Å²) in [7, 11) is 1.97. The molecule has 1 N–H and O–H groups in total. The van der Waals surface area contributed by atoms with Crippen LogP contribution < -0.4 is 0 Å². The first kappa shape index (κ1) is 14.5. The van der Waals surface area contributed by atoms with Crippen LogP contribution in [0.25, 0.3) is 10.4 Å². The maximum absolute atomic E-state index is 9.56. The molecule has 0 aliphatic carbocycles. The van der Waals surface area contributed by atoms with Crippen molar-refractivity contribution in [2.75, 3.05) is 20.2 Å². The average Bonchev–Trinajstić information content (AvgIpc) is 2.40. The maximum Gasteiger partial charge on any atom is 0.0612 e. The Kier molecular flexibility index (Phi) is 5.65. The van der Waals surface area contributed by atoms with Crippen LogP contribution >= 0.6 is 0 Å². The Labute approximate surface area is 108 Å². The Morgan fingerprint density at radius 1 is 1.39 bits per heavy atom. The Bertz CT molecular complexity index is 403. The lowest BCUT2D eigenvalue weighted by molar-refractivity contribution is 0.0529. The van der Waals surface area contributed by atoms with Gasteiger partial charge in [-0.3, -0.25) is 4.90 Å². The van der Waals surface area contributed by atoms with E-state index < -0.39 is 0 Å². The Hall–Kier alpha value is -1.55. The summed E-state index contributed by atoms with van der Waals surface area (Å²) in [4.78, 5) is 4.83. The summed E-state index contributed by atoms with van der Waals surface area (Å²) in [5, 5.41) is 13.1. The number of hydrogen-bond donors (Lipinski definition) is 1. The molecule has 0 aliphatic rings. The van der Waals surface area contributed by atoms with Gasteiger partial charge in [0, 0.05) is 23.5 Å². The molecule has 1 aromatic carbocycles. The number of hydrogen-bond acceptors (Lipinski definition) is 3. The summed E-state index contributed by atoms with van der Waals surface area (Å²) in [6, 6.07) is 10.1. The molecule has 5 heteroatoms. The third-order valence-corrected chi connectivity index (χ3v) is 3.34. The van der Waals surface area contributed by atoms with Crippen LogP contribution in [0.2, 0.25) is 0 Å². The summed E-state index contributed by atoms with van der Waals surface area (Å²) in [6.45, 7) is 3.17. The van der Waals surface area contributed by atoms with Crippen molar-refractivity contribution in [1.29, 1.82) is 0 Å². The van der Waals surface area contributed by atoms with Gasteiger partial charge >= 0.3 is 0 Å². The van der Waals surface area contributed by atoms with E-state index in [0.29, 0.717) is 13.0 Å². The Morgan fingerprint density at radius 3 is 2.61 bits per heavy atom. The van der Waals surface area contributed by atoms with E-state index in [4.69, 9.17) is 5.53 Å². The van der Waals surface area contributed by atoms with E-state index in [-0.39, 0.29) is 12.1 Å². The van der Waals surface area contributed by atoms with Crippen molar-refractivity contribution in [2.24, 2.45) is 5.11 Å². The van der Waals surface area contributed by atoms with Crippen molar-refractivity contribution >= 4 is 0 Å². The predicted molar refractivity (Wildman–Crippen MR) is 72.0 cm³/mol. The molecule has 1 rings (SSSR count). The number of likely N-dealkylation sites (N-methyl/N-ethyl adjacent to an activating group) is 1. The van der Waals surface area contributed by atoms with Gasteiger partial charge in [0.1, 0.15) is 0 Å². The van der Waals surface area contributed by atoms with Gasteiger partial charge < -0.3 is 5.11 Å². The van der Waals surface area contributed by atoms with Gasteiger partial charge in [0.05, 0.1) is 6.61 Å². The summed E-state index contributed by atoms with van der Waals surface area (Å²) in [6.07, 6.45) is 0.636. The molecule has 0 saturated carbocycles. The SMILES string of the molecule is CN(Cc1ccccc1)C(C)(CO)CCN=[N+]=[N-]. The van der Waals surface area contributed by atoms with Crippen LogP contribution in [0.3, 0.4) is 0 Å². The highest BCUT2D eigenvalue weighted by atomic mass is 16.3. The van der Waals surface area contributed by atoms with Gasteiger partial charge in [0.25, 0.3) is 0 Å². The quantitative estimate of drug-likeness (QED) is 0.457. The molecule has 0 aromatic heterocycles. The van der Waals surface area contributed by atoms with Crippen molar-refractivity contribution in [3.8, 4) is 0 Å². The van der Waals surface area contributed by atoms with Gasteiger partial charge in [0.15, 0.2) is 0 Å². The van der Waals surface area contributed by atoms with Crippen molar-refractivity contribution < 1.29 is 5.11 Å². The molecule has 0 saturated heterocycles. The first-order valence-corrected chi connectivity index (χ1v) is 5.99. The van der Waals surface area contributed by atoms with Gasteiger partial charge in [-0.1, -0.05) is 35.4 Å². The molecule has 1 unspecified atom stereocenters. The Morgan fingerprint density at radius 2 is 2.06 bits per heavy atom. The first-order valence-electron chi connectivity index (χ1n) is 5.99. The van der Waals surface area contributed by atoms with E-state index >= 15 is 0 Å². The van der Waals surface area contributed by atoms with Gasteiger partial charge in [-0.05, 0) is 31.5 Å². The average molecular weight is 248 g/mol. The summed E-state index contributed by atoms with van der Waals surface area (Å²) >= 11 is 0. The highest BCUT2D eigenvalue weighted by Crippen LogP contribution is 2.20. The number of azide groups is 1. The minimum atomic E-state index is -0.371. The molecule has 0 fully saturated rings. The number of nitrogens with zero attached hydrogens (tertiary/aromatic N) is 4. The number of aliphatic hydroxyl groups is 1. The molecule has 0 bridgehead atoms. The van der Waals surface area contributed by atoms with E-state index in [9.17, 15) is 5.11 Å². The minimum Gasteiger partial charge on any atom is -0.394 e. The standard InChI is InChI=1S/C13H20N4O/c1-13(11-18,8-9-15-16-14)17(2)10-12-6-4-3-5-7-12/h3-7,18H,8-11H2,1-2H3. The predicted octanol–water partition coefficient (Wildman–Crippen LogP) is 2.57. The smallest absolute Gasteiger partial charge is 0.0612 e. The van der Waals surface area contributed by atoms with Gasteiger partial charge in [-0.25, -0.2) is 0 Å². The van der Waals surface area contributed by atoms with Gasteiger partial charge in [-0.2, -0.15) is 0 Å². The maximum atomic E-state index is 9.56. The monoisotopic (exact) mass is 248 g/mol. The van der Waals surface area contributed by atoms with Crippen LogP contribution in [0.15, 0.2) is 35.4 Å². The zero-order valence-electron chi connectivity index (χ0n) is 11.0.